The summed E-state index contributed by atoms with van der Waals surface area (Å²) in [5.41, 5.74) is 1.94. The van der Waals surface area contributed by atoms with Gasteiger partial charge in [0, 0.05) is 17.8 Å². The van der Waals surface area contributed by atoms with Gasteiger partial charge in [-0.1, -0.05) is 19.1 Å². The molecule has 2 rings (SSSR count). The lowest BCUT2D eigenvalue weighted by Crippen LogP contribution is -2.16. The third kappa shape index (κ3) is 4.85. The molecule has 0 aliphatic carbocycles. The van der Waals surface area contributed by atoms with Gasteiger partial charge in [0.2, 0.25) is 5.91 Å². The molecular weight excluding hydrogens is 316 g/mol. The number of hydrogen-bond acceptors (Lipinski definition) is 6. The summed E-state index contributed by atoms with van der Waals surface area (Å²) in [4.78, 5) is 19.2. The molecule has 8 heteroatoms. The second-order valence-electron chi connectivity index (χ2n) is 4.89. The minimum absolute atomic E-state index is 0.0163. The predicted molar refractivity (Wildman–Crippen MR) is 89.8 cm³/mol. The molecule has 0 atom stereocenters. The van der Waals surface area contributed by atoms with E-state index < -0.39 is 0 Å². The molecule has 0 aliphatic heterocycles. The number of carbonyl (C=O) groups is 1. The molecule has 3 N–H and O–H groups in total. The molecule has 1 heterocycles. The van der Waals surface area contributed by atoms with Crippen molar-refractivity contribution in [3.05, 3.63) is 51.7 Å². The van der Waals surface area contributed by atoms with Crippen molar-refractivity contribution in [3.8, 4) is 0 Å². The lowest BCUT2D eigenvalue weighted by Gasteiger charge is -2.24. The standard InChI is InChI=1S/C15H17N4O3S/c1-2-10-9-11(17-15(23)16-10)7-8-14(20)18-12-5-3-4-6-13(12)19(21)22/h3-6,9,21H,2,7-8H2,1H3,(H,18,20)(H,16,17,23)/q-1. The van der Waals surface area contributed by atoms with E-state index in [2.05, 4.69) is 15.3 Å². The predicted octanol–water partition coefficient (Wildman–Crippen LogP) is 2.97. The SMILES string of the molecule is CCc1cc(CCC(=O)Nc2ccccc2N([O-])O)[nH]c(=S)n1. The average Bonchev–Trinajstić information content (AvgIpc) is 2.52. The zero-order valence-corrected chi connectivity index (χ0v) is 13.4. The van der Waals surface area contributed by atoms with Crippen LogP contribution in [-0.2, 0) is 17.6 Å². The molecule has 7 nitrogen and oxygen atoms in total. The van der Waals surface area contributed by atoms with Crippen LogP contribution in [0.5, 0.6) is 0 Å². The van der Waals surface area contributed by atoms with Gasteiger partial charge in [-0.05, 0) is 43.3 Å². The van der Waals surface area contributed by atoms with E-state index in [1.807, 2.05) is 13.0 Å². The van der Waals surface area contributed by atoms with Crippen LogP contribution >= 0.6 is 12.2 Å². The summed E-state index contributed by atoms with van der Waals surface area (Å²) in [6, 6.07) is 8.09. The number of benzene rings is 1. The van der Waals surface area contributed by atoms with Gasteiger partial charge in [-0.3, -0.25) is 10.0 Å². The average molecular weight is 333 g/mol. The summed E-state index contributed by atoms with van der Waals surface area (Å²) in [6.45, 7) is 1.98. The topological polar surface area (TPSA) is 104 Å². The molecule has 0 saturated heterocycles. The maximum Gasteiger partial charge on any atom is 0.224 e. The molecule has 0 fully saturated rings. The smallest absolute Gasteiger partial charge is 0.224 e. The van der Waals surface area contributed by atoms with E-state index in [-0.39, 0.29) is 28.9 Å². The number of carbonyl (C=O) groups excluding carboxylic acids is 1. The molecule has 122 valence electrons. The lowest BCUT2D eigenvalue weighted by molar-refractivity contribution is -0.116. The normalized spacial score (nSPS) is 10.4. The van der Waals surface area contributed by atoms with Crippen molar-refractivity contribution in [1.29, 1.82) is 0 Å². The van der Waals surface area contributed by atoms with Gasteiger partial charge in [-0.2, -0.15) is 0 Å². The molecule has 1 amide bonds. The Kier molecular flexibility index (Phi) is 5.80. The number of H-pyrrole nitrogens is 1. The number of rotatable bonds is 6. The first-order chi connectivity index (χ1) is 11.0. The number of anilines is 2. The third-order valence-corrected chi connectivity index (χ3v) is 3.41. The van der Waals surface area contributed by atoms with Crippen LogP contribution in [0.25, 0.3) is 0 Å². The highest BCUT2D eigenvalue weighted by molar-refractivity contribution is 7.71. The van der Waals surface area contributed by atoms with Gasteiger partial charge in [-0.15, -0.1) is 0 Å². The molecule has 23 heavy (non-hydrogen) atoms. The highest BCUT2D eigenvalue weighted by atomic mass is 32.1. The van der Waals surface area contributed by atoms with E-state index in [1.165, 1.54) is 6.07 Å². The number of aryl methyl sites for hydroxylation is 2. The molecule has 0 aliphatic rings. The van der Waals surface area contributed by atoms with Crippen LogP contribution < -0.4 is 10.5 Å². The summed E-state index contributed by atoms with van der Waals surface area (Å²) in [5, 5.41) is 22.4. The summed E-state index contributed by atoms with van der Waals surface area (Å²) >= 11 is 5.05. The number of nitrogens with zero attached hydrogens (tertiary/aromatic N) is 2. The first-order valence-electron chi connectivity index (χ1n) is 7.13. The van der Waals surface area contributed by atoms with Crippen LogP contribution in [0.4, 0.5) is 11.4 Å². The molecule has 0 spiro atoms. The van der Waals surface area contributed by atoms with E-state index in [9.17, 15) is 10.0 Å². The minimum Gasteiger partial charge on any atom is -0.733 e. The molecule has 1 aromatic carbocycles. The van der Waals surface area contributed by atoms with Crippen molar-refractivity contribution >= 4 is 29.5 Å². The van der Waals surface area contributed by atoms with E-state index >= 15 is 0 Å². The number of nitrogens with one attached hydrogen (secondary N) is 2. The van der Waals surface area contributed by atoms with Crippen molar-refractivity contribution in [3.63, 3.8) is 0 Å². The lowest BCUT2D eigenvalue weighted by atomic mass is 10.2. The summed E-state index contributed by atoms with van der Waals surface area (Å²) < 4.78 is 0.396. The quantitative estimate of drug-likeness (QED) is 0.554. The van der Waals surface area contributed by atoms with E-state index in [1.54, 1.807) is 18.2 Å². The maximum absolute atomic E-state index is 12.0. The monoisotopic (exact) mass is 333 g/mol. The molecule has 0 unspecified atom stereocenters. The van der Waals surface area contributed by atoms with Gasteiger partial charge in [0.05, 0.1) is 11.4 Å². The van der Waals surface area contributed by atoms with Gasteiger partial charge in [-0.25, -0.2) is 4.98 Å². The van der Waals surface area contributed by atoms with Gasteiger partial charge in [0.1, 0.15) is 0 Å². The fraction of sp³-hybridized carbons (Fsp3) is 0.267. The first-order valence-corrected chi connectivity index (χ1v) is 7.54. The fourth-order valence-corrected chi connectivity index (χ4v) is 2.34. The Bertz CT molecular complexity index is 745. The Morgan fingerprint density at radius 2 is 2.22 bits per heavy atom. The Balaban J connectivity index is 2.01. The number of hydrogen-bond donors (Lipinski definition) is 3. The van der Waals surface area contributed by atoms with Crippen molar-refractivity contribution in [1.82, 2.24) is 9.97 Å². The largest absolute Gasteiger partial charge is 0.733 e. The molecule has 0 saturated carbocycles. The number of para-hydroxylation sites is 2. The van der Waals surface area contributed by atoms with Crippen molar-refractivity contribution < 1.29 is 10.0 Å². The summed E-state index contributed by atoms with van der Waals surface area (Å²) in [5.74, 6) is -0.270. The molecule has 2 aromatic rings. The van der Waals surface area contributed by atoms with Crippen molar-refractivity contribution in [2.24, 2.45) is 0 Å². The highest BCUT2D eigenvalue weighted by Gasteiger charge is 2.08. The second kappa shape index (κ2) is 7.82. The summed E-state index contributed by atoms with van der Waals surface area (Å²) in [7, 11) is 0. The van der Waals surface area contributed by atoms with E-state index in [0.29, 0.717) is 11.2 Å². The highest BCUT2D eigenvalue weighted by Crippen LogP contribution is 2.23. The van der Waals surface area contributed by atoms with Crippen LogP contribution in [0.1, 0.15) is 24.7 Å². The molecule has 0 radical (unpaired) electrons. The minimum atomic E-state index is -0.275. The Hall–Kier alpha value is -2.29. The number of aromatic amines is 1. The number of aromatic nitrogens is 2. The second-order valence-corrected chi connectivity index (χ2v) is 5.28. The van der Waals surface area contributed by atoms with Gasteiger partial charge >= 0.3 is 0 Å². The van der Waals surface area contributed by atoms with Crippen LogP contribution in [0.3, 0.4) is 0 Å². The van der Waals surface area contributed by atoms with Crippen molar-refractivity contribution in [2.45, 2.75) is 26.2 Å². The third-order valence-electron chi connectivity index (χ3n) is 3.22. The van der Waals surface area contributed by atoms with Crippen LogP contribution in [0.2, 0.25) is 0 Å². The first kappa shape index (κ1) is 17.1. The molecule has 1 aromatic heterocycles. The van der Waals surface area contributed by atoms with Gasteiger partial charge in [0.25, 0.3) is 0 Å². The van der Waals surface area contributed by atoms with E-state index in [4.69, 9.17) is 17.4 Å². The Morgan fingerprint density at radius 3 is 2.91 bits per heavy atom. The Labute approximate surface area is 138 Å². The fourth-order valence-electron chi connectivity index (χ4n) is 2.09. The Morgan fingerprint density at radius 1 is 1.48 bits per heavy atom. The zero-order chi connectivity index (χ0) is 16.8. The van der Waals surface area contributed by atoms with Crippen LogP contribution in [0.15, 0.2) is 30.3 Å². The van der Waals surface area contributed by atoms with Gasteiger partial charge < -0.3 is 20.7 Å². The molecule has 0 bridgehead atoms. The van der Waals surface area contributed by atoms with E-state index in [0.717, 1.165) is 17.8 Å². The van der Waals surface area contributed by atoms with Gasteiger partial charge in [0.15, 0.2) is 4.77 Å². The van der Waals surface area contributed by atoms with Crippen molar-refractivity contribution in [2.75, 3.05) is 10.5 Å². The zero-order valence-electron chi connectivity index (χ0n) is 12.6. The number of amides is 1. The molecular formula is C15H17N4O3S-. The van der Waals surface area contributed by atoms with Crippen LogP contribution in [0, 0.1) is 9.98 Å². The summed E-state index contributed by atoms with van der Waals surface area (Å²) in [6.07, 6.45) is 1.44. The maximum atomic E-state index is 12.0. The van der Waals surface area contributed by atoms with Crippen LogP contribution in [-0.4, -0.2) is 21.1 Å².